The minimum Gasteiger partial charge on any atom is -0.324 e. The number of allylic oxidation sites excluding steroid dienone is 6. The van der Waals surface area contributed by atoms with Gasteiger partial charge in [-0.1, -0.05) is 48.6 Å². The molecule has 0 amide bonds. The Kier molecular flexibility index (Phi) is 5.12. The van der Waals surface area contributed by atoms with Gasteiger partial charge in [-0.2, -0.15) is 5.10 Å². The fraction of sp³-hybridized carbons (Fsp3) is 0.0909. The Morgan fingerprint density at radius 1 is 1.07 bits per heavy atom. The summed E-state index contributed by atoms with van der Waals surface area (Å²) in [6.07, 6.45) is 8.01. The smallest absolute Gasteiger partial charge is 0.181 e. The molecule has 5 nitrogen and oxygen atoms in total. The van der Waals surface area contributed by atoms with Crippen LogP contribution in [0.4, 0.5) is 10.1 Å². The highest BCUT2D eigenvalue weighted by molar-refractivity contribution is 5.66. The molecule has 1 aliphatic rings. The Hall–Kier alpha value is -3.51. The van der Waals surface area contributed by atoms with Crippen molar-refractivity contribution >= 4 is 5.69 Å². The quantitative estimate of drug-likeness (QED) is 0.447. The van der Waals surface area contributed by atoms with Crippen molar-refractivity contribution < 1.29 is 4.39 Å². The van der Waals surface area contributed by atoms with Crippen LogP contribution in [0.2, 0.25) is 0 Å². The zero-order chi connectivity index (χ0) is 19.3. The fourth-order valence-electron chi connectivity index (χ4n) is 3.12. The van der Waals surface area contributed by atoms with Crippen LogP contribution in [0, 0.1) is 0 Å². The molecule has 0 fully saturated rings. The average Bonchev–Trinajstić information content (AvgIpc) is 3.14. The molecular formula is C22H20FN5. The van der Waals surface area contributed by atoms with E-state index in [1.807, 2.05) is 60.7 Å². The summed E-state index contributed by atoms with van der Waals surface area (Å²) in [6, 6.07) is 15.7. The molecule has 0 radical (unpaired) electrons. The number of nitrogens with one attached hydrogen (secondary N) is 2. The molecule has 3 aromatic rings. The van der Waals surface area contributed by atoms with Crippen LogP contribution in [0.5, 0.6) is 0 Å². The van der Waals surface area contributed by atoms with E-state index in [9.17, 15) is 4.39 Å². The van der Waals surface area contributed by atoms with Gasteiger partial charge in [0.05, 0.1) is 5.69 Å². The molecule has 0 atom stereocenters. The topological polar surface area (TPSA) is 79.6 Å². The Bertz CT molecular complexity index is 1060. The van der Waals surface area contributed by atoms with Crippen molar-refractivity contribution in [3.63, 3.8) is 0 Å². The SMILES string of the molecule is NNc1ccc(-c2n[nH]c(-c3ccccc3)n2)cc1CC1=CC=C(F)CC=C1. The number of hydrazine groups is 1. The second kappa shape index (κ2) is 8.02. The van der Waals surface area contributed by atoms with Gasteiger partial charge in [0.15, 0.2) is 11.6 Å². The van der Waals surface area contributed by atoms with E-state index in [1.54, 1.807) is 6.08 Å². The Morgan fingerprint density at radius 2 is 1.93 bits per heavy atom. The zero-order valence-electron chi connectivity index (χ0n) is 15.2. The third kappa shape index (κ3) is 3.92. The van der Waals surface area contributed by atoms with Crippen molar-refractivity contribution in [2.45, 2.75) is 12.8 Å². The highest BCUT2D eigenvalue weighted by atomic mass is 19.1. The standard InChI is InChI=1S/C22H20FN5/c23-19-8-4-5-15(9-11-19)13-18-14-17(10-12-20(18)26-24)22-25-21(27-28-22)16-6-2-1-3-7-16/h1-7,9-12,14,26H,8,13,24H2,(H,25,27,28). The molecule has 0 aliphatic heterocycles. The molecule has 0 saturated heterocycles. The lowest BCUT2D eigenvalue weighted by molar-refractivity contribution is 0.618. The maximum absolute atomic E-state index is 13.4. The summed E-state index contributed by atoms with van der Waals surface area (Å²) in [5, 5.41) is 7.35. The summed E-state index contributed by atoms with van der Waals surface area (Å²) in [5.41, 5.74) is 7.38. The first-order valence-electron chi connectivity index (χ1n) is 9.02. The van der Waals surface area contributed by atoms with E-state index in [4.69, 9.17) is 5.84 Å². The first-order chi connectivity index (χ1) is 13.7. The minimum atomic E-state index is -0.147. The van der Waals surface area contributed by atoms with Crippen molar-refractivity contribution in [2.75, 3.05) is 5.43 Å². The number of aromatic nitrogens is 3. The largest absolute Gasteiger partial charge is 0.324 e. The molecule has 4 rings (SSSR count). The molecule has 2 aromatic carbocycles. The maximum Gasteiger partial charge on any atom is 0.181 e. The van der Waals surface area contributed by atoms with Crippen LogP contribution in [-0.2, 0) is 6.42 Å². The van der Waals surface area contributed by atoms with E-state index in [0.29, 0.717) is 24.5 Å². The molecule has 1 aromatic heterocycles. The van der Waals surface area contributed by atoms with Gasteiger partial charge in [-0.15, -0.1) is 0 Å². The van der Waals surface area contributed by atoms with Gasteiger partial charge in [0, 0.05) is 17.5 Å². The third-order valence-corrected chi connectivity index (χ3v) is 4.57. The molecule has 0 saturated carbocycles. The van der Waals surface area contributed by atoms with Gasteiger partial charge in [-0.3, -0.25) is 10.9 Å². The summed E-state index contributed by atoms with van der Waals surface area (Å²) in [4.78, 5) is 4.61. The lowest BCUT2D eigenvalue weighted by Crippen LogP contribution is -2.09. The number of nitrogens with zero attached hydrogens (tertiary/aromatic N) is 2. The van der Waals surface area contributed by atoms with Crippen LogP contribution in [-0.4, -0.2) is 15.2 Å². The average molecular weight is 373 g/mol. The highest BCUT2D eigenvalue weighted by Crippen LogP contribution is 2.27. The van der Waals surface area contributed by atoms with Gasteiger partial charge in [0.2, 0.25) is 0 Å². The van der Waals surface area contributed by atoms with E-state index in [2.05, 4.69) is 20.6 Å². The van der Waals surface area contributed by atoms with Gasteiger partial charge in [0.1, 0.15) is 5.83 Å². The molecule has 0 unspecified atom stereocenters. The third-order valence-electron chi connectivity index (χ3n) is 4.57. The molecule has 0 spiro atoms. The predicted molar refractivity (Wildman–Crippen MR) is 110 cm³/mol. The van der Waals surface area contributed by atoms with Crippen LogP contribution in [0.25, 0.3) is 22.8 Å². The summed E-state index contributed by atoms with van der Waals surface area (Å²) in [6.45, 7) is 0. The summed E-state index contributed by atoms with van der Waals surface area (Å²) in [5.74, 6) is 6.86. The second-order valence-corrected chi connectivity index (χ2v) is 6.53. The number of nitrogen functional groups attached to an aromatic ring is 1. The van der Waals surface area contributed by atoms with Crippen molar-refractivity contribution in [2.24, 2.45) is 5.84 Å². The number of rotatable bonds is 5. The van der Waals surface area contributed by atoms with E-state index in [0.717, 1.165) is 28.0 Å². The van der Waals surface area contributed by atoms with Gasteiger partial charge >= 0.3 is 0 Å². The van der Waals surface area contributed by atoms with Gasteiger partial charge < -0.3 is 5.43 Å². The fourth-order valence-corrected chi connectivity index (χ4v) is 3.12. The maximum atomic E-state index is 13.4. The molecular weight excluding hydrogens is 353 g/mol. The molecule has 6 heteroatoms. The minimum absolute atomic E-state index is 0.147. The number of hydrogen-bond acceptors (Lipinski definition) is 4. The summed E-state index contributed by atoms with van der Waals surface area (Å²) in [7, 11) is 0. The number of nitrogens with two attached hydrogens (primary N) is 1. The van der Waals surface area contributed by atoms with Crippen LogP contribution < -0.4 is 11.3 Å². The van der Waals surface area contributed by atoms with Gasteiger partial charge in [-0.25, -0.2) is 9.37 Å². The van der Waals surface area contributed by atoms with Gasteiger partial charge in [-0.05, 0) is 41.8 Å². The summed E-state index contributed by atoms with van der Waals surface area (Å²) < 4.78 is 13.4. The number of H-pyrrole nitrogens is 1. The number of halogens is 1. The highest BCUT2D eigenvalue weighted by Gasteiger charge is 2.11. The number of benzene rings is 2. The number of aromatic amines is 1. The van der Waals surface area contributed by atoms with E-state index in [1.165, 1.54) is 6.08 Å². The van der Waals surface area contributed by atoms with Crippen molar-refractivity contribution in [1.82, 2.24) is 15.2 Å². The van der Waals surface area contributed by atoms with E-state index >= 15 is 0 Å². The Labute approximate surface area is 162 Å². The molecule has 1 heterocycles. The van der Waals surface area contributed by atoms with Crippen molar-refractivity contribution in [1.29, 1.82) is 0 Å². The lowest BCUT2D eigenvalue weighted by atomic mass is 10.00. The van der Waals surface area contributed by atoms with Crippen molar-refractivity contribution in [3.8, 4) is 22.8 Å². The van der Waals surface area contributed by atoms with Crippen LogP contribution in [0.15, 0.2) is 84.2 Å². The molecule has 4 N–H and O–H groups in total. The zero-order valence-corrected chi connectivity index (χ0v) is 15.2. The first kappa shape index (κ1) is 17.9. The van der Waals surface area contributed by atoms with Gasteiger partial charge in [0.25, 0.3) is 0 Å². The molecule has 1 aliphatic carbocycles. The number of anilines is 1. The monoisotopic (exact) mass is 373 g/mol. The van der Waals surface area contributed by atoms with Crippen LogP contribution >= 0.6 is 0 Å². The van der Waals surface area contributed by atoms with E-state index < -0.39 is 0 Å². The van der Waals surface area contributed by atoms with E-state index in [-0.39, 0.29) is 5.83 Å². The first-order valence-corrected chi connectivity index (χ1v) is 9.02. The Balaban J connectivity index is 1.65. The lowest BCUT2D eigenvalue weighted by Gasteiger charge is -2.11. The molecule has 28 heavy (non-hydrogen) atoms. The van der Waals surface area contributed by atoms with Crippen molar-refractivity contribution in [3.05, 3.63) is 89.8 Å². The molecule has 0 bridgehead atoms. The number of hydrogen-bond donors (Lipinski definition) is 3. The summed E-state index contributed by atoms with van der Waals surface area (Å²) >= 11 is 0. The predicted octanol–water partition coefficient (Wildman–Crippen LogP) is 4.71. The Morgan fingerprint density at radius 3 is 2.75 bits per heavy atom. The van der Waals surface area contributed by atoms with Crippen LogP contribution in [0.3, 0.4) is 0 Å². The molecule has 140 valence electrons. The second-order valence-electron chi connectivity index (χ2n) is 6.53. The normalized spacial score (nSPS) is 13.6. The van der Waals surface area contributed by atoms with Crippen LogP contribution in [0.1, 0.15) is 12.0 Å².